The second-order valence-corrected chi connectivity index (χ2v) is 7.86. The highest BCUT2D eigenvalue weighted by Crippen LogP contribution is 2.31. The molecule has 0 bridgehead atoms. The van der Waals surface area contributed by atoms with E-state index in [9.17, 15) is 4.79 Å². The zero-order valence-electron chi connectivity index (χ0n) is 18.0. The van der Waals surface area contributed by atoms with Gasteiger partial charge in [0.25, 0.3) is 5.56 Å². The molecule has 2 heterocycles. The number of ether oxygens (including phenoxy) is 1. The van der Waals surface area contributed by atoms with Crippen molar-refractivity contribution < 1.29 is 4.74 Å². The van der Waals surface area contributed by atoms with Gasteiger partial charge in [0.1, 0.15) is 5.75 Å². The van der Waals surface area contributed by atoms with E-state index in [-0.39, 0.29) is 5.56 Å². The van der Waals surface area contributed by atoms with Gasteiger partial charge in [-0.05, 0) is 30.2 Å². The molecule has 1 N–H and O–H groups in total. The van der Waals surface area contributed by atoms with Gasteiger partial charge in [0.15, 0.2) is 5.65 Å². The Hall–Kier alpha value is -4.12. The van der Waals surface area contributed by atoms with Crippen molar-refractivity contribution in [2.24, 2.45) is 0 Å². The van der Waals surface area contributed by atoms with Gasteiger partial charge in [-0.25, -0.2) is 9.50 Å². The van der Waals surface area contributed by atoms with E-state index >= 15 is 0 Å². The lowest BCUT2D eigenvalue weighted by atomic mass is 10.0. The lowest BCUT2D eigenvalue weighted by Crippen LogP contribution is -2.14. The monoisotopic (exact) mass is 421 g/mol. The molecular formula is C27H23N3O2. The predicted octanol–water partition coefficient (Wildman–Crippen LogP) is 5.26. The molecule has 0 saturated carbocycles. The van der Waals surface area contributed by atoms with Crippen molar-refractivity contribution in [3.05, 3.63) is 112 Å². The number of nitrogens with one attached hydrogen (secondary N) is 1. The molecule has 0 saturated heterocycles. The van der Waals surface area contributed by atoms with E-state index in [1.807, 2.05) is 73.7 Å². The fourth-order valence-electron chi connectivity index (χ4n) is 3.94. The zero-order chi connectivity index (χ0) is 22.1. The average Bonchev–Trinajstić information content (AvgIpc) is 3.18. The van der Waals surface area contributed by atoms with Gasteiger partial charge in [0, 0.05) is 29.3 Å². The van der Waals surface area contributed by atoms with Crippen molar-refractivity contribution >= 4 is 5.65 Å². The first-order valence-corrected chi connectivity index (χ1v) is 10.5. The van der Waals surface area contributed by atoms with Crippen LogP contribution in [0.5, 0.6) is 5.75 Å². The number of fused-ring (bicyclic) bond motifs is 1. The summed E-state index contributed by atoms with van der Waals surface area (Å²) in [5.74, 6) is 0.781. The number of H-pyrrole nitrogens is 1. The number of benzene rings is 3. The minimum atomic E-state index is -0.139. The lowest BCUT2D eigenvalue weighted by molar-refractivity contribution is 0.415. The average molecular weight is 422 g/mol. The van der Waals surface area contributed by atoms with E-state index in [1.165, 1.54) is 4.52 Å². The summed E-state index contributed by atoms with van der Waals surface area (Å²) in [7, 11) is 1.65. The first kappa shape index (κ1) is 19.8. The third kappa shape index (κ3) is 3.69. The van der Waals surface area contributed by atoms with E-state index in [2.05, 4.69) is 17.2 Å². The first-order valence-electron chi connectivity index (χ1n) is 10.5. The fraction of sp³-hybridized carbons (Fsp3) is 0.111. The molecule has 0 spiro atoms. The summed E-state index contributed by atoms with van der Waals surface area (Å²) >= 11 is 0. The highest BCUT2D eigenvalue weighted by atomic mass is 16.5. The summed E-state index contributed by atoms with van der Waals surface area (Å²) in [4.78, 5) is 18.0. The number of hydrogen-bond acceptors (Lipinski definition) is 3. The summed E-state index contributed by atoms with van der Waals surface area (Å²) < 4.78 is 6.86. The molecule has 3 aromatic carbocycles. The van der Waals surface area contributed by atoms with E-state index in [0.29, 0.717) is 17.8 Å². The van der Waals surface area contributed by atoms with Crippen molar-refractivity contribution in [1.82, 2.24) is 14.6 Å². The molecule has 0 fully saturated rings. The van der Waals surface area contributed by atoms with Crippen LogP contribution in [0.4, 0.5) is 0 Å². The van der Waals surface area contributed by atoms with E-state index in [0.717, 1.165) is 39.3 Å². The summed E-state index contributed by atoms with van der Waals surface area (Å²) in [6.07, 6.45) is 0.658. The maximum Gasteiger partial charge on any atom is 0.273 e. The number of nitrogens with zero attached hydrogens (tertiary/aromatic N) is 2. The minimum Gasteiger partial charge on any atom is -0.497 e. The molecule has 0 amide bonds. The second-order valence-electron chi connectivity index (χ2n) is 7.86. The third-order valence-electron chi connectivity index (χ3n) is 5.64. The summed E-state index contributed by atoms with van der Waals surface area (Å²) in [6.45, 7) is 2.04. The van der Waals surface area contributed by atoms with Crippen LogP contribution in [0, 0.1) is 6.92 Å². The lowest BCUT2D eigenvalue weighted by Gasteiger charge is -2.07. The Balaban J connectivity index is 1.73. The van der Waals surface area contributed by atoms with E-state index in [1.54, 1.807) is 13.2 Å². The number of aryl methyl sites for hydroxylation is 1. The molecular weight excluding hydrogens is 398 g/mol. The van der Waals surface area contributed by atoms with Crippen LogP contribution in [0.15, 0.2) is 89.7 Å². The Labute approximate surface area is 185 Å². The Morgan fingerprint density at radius 2 is 1.59 bits per heavy atom. The normalized spacial score (nSPS) is 11.1. The van der Waals surface area contributed by atoms with Gasteiger partial charge in [0.05, 0.1) is 12.8 Å². The van der Waals surface area contributed by atoms with Gasteiger partial charge in [-0.2, -0.15) is 0 Å². The Bertz CT molecular complexity index is 1430. The summed E-state index contributed by atoms with van der Waals surface area (Å²) in [6, 6.07) is 27.7. The van der Waals surface area contributed by atoms with E-state index < -0.39 is 0 Å². The van der Waals surface area contributed by atoms with Crippen molar-refractivity contribution in [1.29, 1.82) is 0 Å². The van der Waals surface area contributed by atoms with Crippen LogP contribution in [0.3, 0.4) is 0 Å². The molecule has 0 aliphatic carbocycles. The van der Waals surface area contributed by atoms with Crippen LogP contribution in [-0.4, -0.2) is 21.7 Å². The topological polar surface area (TPSA) is 59.4 Å². The van der Waals surface area contributed by atoms with Crippen LogP contribution in [0.2, 0.25) is 0 Å². The maximum atomic E-state index is 13.1. The van der Waals surface area contributed by atoms with Gasteiger partial charge in [-0.1, -0.05) is 72.3 Å². The molecule has 0 atom stereocenters. The van der Waals surface area contributed by atoms with E-state index in [4.69, 9.17) is 9.72 Å². The zero-order valence-corrected chi connectivity index (χ0v) is 18.0. The van der Waals surface area contributed by atoms with Crippen molar-refractivity contribution in [2.75, 3.05) is 7.11 Å². The van der Waals surface area contributed by atoms with Crippen LogP contribution >= 0.6 is 0 Å². The van der Waals surface area contributed by atoms with Gasteiger partial charge in [-0.15, -0.1) is 0 Å². The molecule has 0 radical (unpaired) electrons. The standard InChI is InChI=1S/C27H23N3O2/c1-18-8-10-20(11-9-18)23-17-25(31)30-27(28-23)26(21-12-14-22(32-2)15-13-21)24(29-30)16-19-6-4-3-5-7-19/h3-15,17,29H,16H2,1-2H3. The molecule has 2 aromatic heterocycles. The Morgan fingerprint density at radius 3 is 2.28 bits per heavy atom. The predicted molar refractivity (Wildman–Crippen MR) is 127 cm³/mol. The second kappa shape index (κ2) is 8.19. The molecule has 5 aromatic rings. The van der Waals surface area contributed by atoms with Crippen molar-refractivity contribution in [3.63, 3.8) is 0 Å². The maximum absolute atomic E-state index is 13.1. The highest BCUT2D eigenvalue weighted by molar-refractivity contribution is 5.81. The third-order valence-corrected chi connectivity index (χ3v) is 5.64. The van der Waals surface area contributed by atoms with Crippen molar-refractivity contribution in [3.8, 4) is 28.1 Å². The molecule has 5 heteroatoms. The number of hydrogen-bond donors (Lipinski definition) is 1. The van der Waals surface area contributed by atoms with Gasteiger partial charge < -0.3 is 4.74 Å². The fourth-order valence-corrected chi connectivity index (χ4v) is 3.94. The van der Waals surface area contributed by atoms with Gasteiger partial charge in [0.2, 0.25) is 0 Å². The number of aromatic amines is 1. The number of methoxy groups -OCH3 is 1. The quantitative estimate of drug-likeness (QED) is 0.421. The smallest absolute Gasteiger partial charge is 0.273 e. The Kier molecular flexibility index (Phi) is 5.07. The molecule has 0 unspecified atom stereocenters. The molecule has 5 rings (SSSR count). The highest BCUT2D eigenvalue weighted by Gasteiger charge is 2.18. The molecule has 32 heavy (non-hydrogen) atoms. The summed E-state index contributed by atoms with van der Waals surface area (Å²) in [5, 5.41) is 3.31. The molecule has 0 aliphatic rings. The van der Waals surface area contributed by atoms with Crippen LogP contribution in [-0.2, 0) is 6.42 Å². The van der Waals surface area contributed by atoms with Gasteiger partial charge in [-0.3, -0.25) is 9.89 Å². The Morgan fingerprint density at radius 1 is 0.906 bits per heavy atom. The van der Waals surface area contributed by atoms with Crippen molar-refractivity contribution in [2.45, 2.75) is 13.3 Å². The van der Waals surface area contributed by atoms with Crippen LogP contribution in [0.1, 0.15) is 16.8 Å². The SMILES string of the molecule is COc1ccc(-c2c(Cc3ccccc3)[nH]n3c(=O)cc(-c4ccc(C)cc4)nc23)cc1. The first-order chi connectivity index (χ1) is 15.6. The summed E-state index contributed by atoms with van der Waals surface area (Å²) in [5.41, 5.74) is 7.21. The minimum absolute atomic E-state index is 0.139. The van der Waals surface area contributed by atoms with Gasteiger partial charge >= 0.3 is 0 Å². The largest absolute Gasteiger partial charge is 0.497 e. The number of aromatic nitrogens is 3. The molecule has 5 nitrogen and oxygen atoms in total. The molecule has 158 valence electrons. The van der Waals surface area contributed by atoms with Crippen LogP contribution < -0.4 is 10.3 Å². The molecule has 0 aliphatic heterocycles. The van der Waals surface area contributed by atoms with Crippen LogP contribution in [0.25, 0.3) is 28.0 Å². The number of rotatable bonds is 5.